The maximum atomic E-state index is 13.6. The molecule has 1 atom stereocenters. The molecule has 0 bridgehead atoms. The second-order valence-corrected chi connectivity index (χ2v) is 6.14. The predicted molar refractivity (Wildman–Crippen MR) is 90.0 cm³/mol. The molecule has 0 rings (SSSR count). The van der Waals surface area contributed by atoms with Crippen molar-refractivity contribution >= 4 is 0 Å². The van der Waals surface area contributed by atoms with Crippen molar-refractivity contribution in [3.05, 3.63) is 12.7 Å². The summed E-state index contributed by atoms with van der Waals surface area (Å²) in [6, 6.07) is 0. The van der Waals surface area contributed by atoms with Crippen LogP contribution in [0, 0.1) is 0 Å². The minimum atomic E-state index is -0.540. The smallest absolute Gasteiger partial charge is 0.100 e. The molecule has 1 heteroatoms. The highest BCUT2D eigenvalue weighted by atomic mass is 19.1. The zero-order valence-electron chi connectivity index (χ0n) is 13.8. The average molecular weight is 285 g/mol. The zero-order chi connectivity index (χ0) is 14.9. The van der Waals surface area contributed by atoms with Crippen molar-refractivity contribution in [3.8, 4) is 0 Å². The van der Waals surface area contributed by atoms with Gasteiger partial charge in [0.05, 0.1) is 0 Å². The lowest BCUT2D eigenvalue weighted by molar-refractivity contribution is 0.279. The molecule has 20 heavy (non-hydrogen) atoms. The van der Waals surface area contributed by atoms with E-state index in [-0.39, 0.29) is 0 Å². The van der Waals surface area contributed by atoms with Crippen molar-refractivity contribution in [1.82, 2.24) is 0 Å². The van der Waals surface area contributed by atoms with E-state index in [9.17, 15) is 4.39 Å². The summed E-state index contributed by atoms with van der Waals surface area (Å²) in [6.07, 6.45) is 19.2. The Morgan fingerprint density at radius 3 is 1.70 bits per heavy atom. The molecule has 0 aliphatic rings. The van der Waals surface area contributed by atoms with Crippen LogP contribution in [0.5, 0.6) is 0 Å². The molecule has 0 heterocycles. The minimum Gasteiger partial charge on any atom is -0.247 e. The summed E-state index contributed by atoms with van der Waals surface area (Å²) in [4.78, 5) is 0. The number of alkyl halides is 1. The second kappa shape index (κ2) is 16.7. The predicted octanol–water partition coefficient (Wildman–Crippen LogP) is 7.38. The van der Waals surface area contributed by atoms with E-state index in [4.69, 9.17) is 0 Å². The molecule has 0 unspecified atom stereocenters. The summed E-state index contributed by atoms with van der Waals surface area (Å²) >= 11 is 0. The second-order valence-electron chi connectivity index (χ2n) is 6.14. The summed E-state index contributed by atoms with van der Waals surface area (Å²) in [5.41, 5.74) is 0. The Morgan fingerprint density at radius 2 is 1.20 bits per heavy atom. The Balaban J connectivity index is 3.12. The molecule has 0 aliphatic heterocycles. The van der Waals surface area contributed by atoms with E-state index in [1.54, 1.807) is 0 Å². The van der Waals surface area contributed by atoms with Crippen LogP contribution in [0.3, 0.4) is 0 Å². The van der Waals surface area contributed by atoms with E-state index in [0.29, 0.717) is 0 Å². The third kappa shape index (κ3) is 15.7. The minimum absolute atomic E-state index is 0.540. The van der Waals surface area contributed by atoms with Crippen molar-refractivity contribution in [1.29, 1.82) is 0 Å². The number of rotatable bonds is 16. The van der Waals surface area contributed by atoms with E-state index in [1.165, 1.54) is 64.2 Å². The Kier molecular flexibility index (Phi) is 16.4. The van der Waals surface area contributed by atoms with Crippen molar-refractivity contribution in [2.75, 3.05) is 0 Å². The third-order valence-corrected chi connectivity index (χ3v) is 4.05. The summed E-state index contributed by atoms with van der Waals surface area (Å²) in [5, 5.41) is 0. The molecule has 0 radical (unpaired) electrons. The molecule has 0 fully saturated rings. The van der Waals surface area contributed by atoms with Gasteiger partial charge in [-0.25, -0.2) is 4.39 Å². The average Bonchev–Trinajstić information content (AvgIpc) is 2.45. The van der Waals surface area contributed by atoms with Crippen molar-refractivity contribution in [2.45, 2.75) is 109 Å². The Morgan fingerprint density at radius 1 is 0.750 bits per heavy atom. The normalized spacial score (nSPS) is 12.5. The van der Waals surface area contributed by atoms with Crippen LogP contribution in [-0.2, 0) is 0 Å². The molecule has 0 saturated carbocycles. The molecular weight excluding hydrogens is 247 g/mol. The first-order chi connectivity index (χ1) is 9.81. The largest absolute Gasteiger partial charge is 0.247 e. The number of halogens is 1. The molecule has 120 valence electrons. The fourth-order valence-corrected chi connectivity index (χ4v) is 2.65. The SMILES string of the molecule is C=CCCCCCCCC[C@H](F)CCCCCCCC. The maximum absolute atomic E-state index is 13.6. The molecule has 0 N–H and O–H groups in total. The highest BCUT2D eigenvalue weighted by Crippen LogP contribution is 2.16. The highest BCUT2D eigenvalue weighted by molar-refractivity contribution is 4.65. The van der Waals surface area contributed by atoms with E-state index in [2.05, 4.69) is 13.5 Å². The fraction of sp³-hybridized carbons (Fsp3) is 0.895. The van der Waals surface area contributed by atoms with Crippen LogP contribution in [0.2, 0.25) is 0 Å². The first kappa shape index (κ1) is 19.7. The molecule has 0 spiro atoms. The Bertz CT molecular complexity index is 188. The molecule has 0 aromatic heterocycles. The van der Waals surface area contributed by atoms with Crippen molar-refractivity contribution in [3.63, 3.8) is 0 Å². The van der Waals surface area contributed by atoms with Gasteiger partial charge in [0.1, 0.15) is 6.17 Å². The molecule has 0 aliphatic carbocycles. The lowest BCUT2D eigenvalue weighted by Gasteiger charge is -2.08. The van der Waals surface area contributed by atoms with Crippen LogP contribution in [0.15, 0.2) is 12.7 Å². The molecule has 0 aromatic carbocycles. The summed E-state index contributed by atoms with van der Waals surface area (Å²) < 4.78 is 13.6. The van der Waals surface area contributed by atoms with Gasteiger partial charge in [-0.15, -0.1) is 6.58 Å². The summed E-state index contributed by atoms with van der Waals surface area (Å²) in [5.74, 6) is 0. The molecule has 0 aromatic rings. The fourth-order valence-electron chi connectivity index (χ4n) is 2.65. The van der Waals surface area contributed by atoms with Gasteiger partial charge < -0.3 is 0 Å². The van der Waals surface area contributed by atoms with E-state index in [0.717, 1.165) is 32.1 Å². The highest BCUT2D eigenvalue weighted by Gasteiger charge is 2.05. The van der Waals surface area contributed by atoms with E-state index in [1.807, 2.05) is 6.08 Å². The van der Waals surface area contributed by atoms with Crippen LogP contribution in [-0.4, -0.2) is 6.17 Å². The quantitative estimate of drug-likeness (QED) is 0.205. The van der Waals surface area contributed by atoms with Crippen LogP contribution < -0.4 is 0 Å². The van der Waals surface area contributed by atoms with Crippen molar-refractivity contribution < 1.29 is 4.39 Å². The monoisotopic (exact) mass is 284 g/mol. The van der Waals surface area contributed by atoms with E-state index < -0.39 is 6.17 Å². The number of allylic oxidation sites excluding steroid dienone is 1. The molecular formula is C19H37F. The molecule has 0 saturated heterocycles. The third-order valence-electron chi connectivity index (χ3n) is 4.05. The van der Waals surface area contributed by atoms with Gasteiger partial charge in [-0.3, -0.25) is 0 Å². The van der Waals surface area contributed by atoms with Crippen molar-refractivity contribution in [2.24, 2.45) is 0 Å². The maximum Gasteiger partial charge on any atom is 0.100 e. The van der Waals surface area contributed by atoms with Gasteiger partial charge >= 0.3 is 0 Å². The summed E-state index contributed by atoms with van der Waals surface area (Å²) in [7, 11) is 0. The molecule has 0 nitrogen and oxygen atoms in total. The van der Waals surface area contributed by atoms with Gasteiger partial charge in [-0.05, 0) is 25.7 Å². The first-order valence-corrected chi connectivity index (χ1v) is 9.06. The number of hydrogen-bond donors (Lipinski definition) is 0. The van der Waals surface area contributed by atoms with Gasteiger partial charge in [0.25, 0.3) is 0 Å². The lowest BCUT2D eigenvalue weighted by atomic mass is 10.0. The first-order valence-electron chi connectivity index (χ1n) is 9.06. The van der Waals surface area contributed by atoms with Gasteiger partial charge in [0, 0.05) is 0 Å². The number of hydrogen-bond acceptors (Lipinski definition) is 0. The Labute approximate surface area is 127 Å². The lowest BCUT2D eigenvalue weighted by Crippen LogP contribution is -2.00. The summed E-state index contributed by atoms with van der Waals surface area (Å²) in [6.45, 7) is 5.96. The van der Waals surface area contributed by atoms with Crippen LogP contribution >= 0.6 is 0 Å². The van der Waals surface area contributed by atoms with Gasteiger partial charge in [-0.2, -0.15) is 0 Å². The van der Waals surface area contributed by atoms with E-state index >= 15 is 0 Å². The van der Waals surface area contributed by atoms with Crippen LogP contribution in [0.25, 0.3) is 0 Å². The van der Waals surface area contributed by atoms with Gasteiger partial charge in [0.2, 0.25) is 0 Å². The van der Waals surface area contributed by atoms with Crippen LogP contribution in [0.4, 0.5) is 4.39 Å². The molecule has 0 amide bonds. The Hall–Kier alpha value is -0.330. The van der Waals surface area contributed by atoms with Gasteiger partial charge in [0.15, 0.2) is 0 Å². The number of unbranched alkanes of at least 4 members (excludes halogenated alkanes) is 11. The topological polar surface area (TPSA) is 0 Å². The van der Waals surface area contributed by atoms with Crippen LogP contribution in [0.1, 0.15) is 103 Å². The standard InChI is InChI=1S/C19H37F/c1-3-5-7-9-11-12-14-16-18-19(20)17-15-13-10-8-6-4-2/h3,19H,1,4-18H2,2H3/t19-/m1/s1. The zero-order valence-corrected chi connectivity index (χ0v) is 13.8. The van der Waals surface area contributed by atoms with Gasteiger partial charge in [-0.1, -0.05) is 83.6 Å².